The molecule has 232 valence electrons. The van der Waals surface area contributed by atoms with E-state index in [1.807, 2.05) is 6.07 Å². The second-order valence-electron chi connectivity index (χ2n) is 10.9. The van der Waals surface area contributed by atoms with Crippen molar-refractivity contribution in [3.8, 4) is 17.2 Å². The maximum absolute atomic E-state index is 13.7. The minimum atomic E-state index is -1.00. The number of aromatic nitrogens is 2. The third kappa shape index (κ3) is 6.66. The highest BCUT2D eigenvalue weighted by Crippen LogP contribution is 2.45. The highest BCUT2D eigenvalue weighted by Gasteiger charge is 2.48. The molecule has 6 rings (SSSR count). The molecular formula is C33H30FN3O6S2. The highest BCUT2D eigenvalue weighted by molar-refractivity contribution is 8.00. The van der Waals surface area contributed by atoms with E-state index in [1.54, 1.807) is 48.5 Å². The van der Waals surface area contributed by atoms with E-state index in [0.29, 0.717) is 64.2 Å². The van der Waals surface area contributed by atoms with Crippen LogP contribution in [0.15, 0.2) is 76.6 Å². The number of carbonyl (C=O) groups excluding carboxylic acids is 2. The predicted octanol–water partition coefficient (Wildman–Crippen LogP) is 6.79. The number of aliphatic hydroxyl groups excluding tert-OH is 1. The first kappa shape index (κ1) is 30.6. The number of aliphatic hydroxyl groups is 1. The number of halogens is 1. The van der Waals surface area contributed by atoms with Crippen LogP contribution in [0.2, 0.25) is 0 Å². The molecule has 45 heavy (non-hydrogen) atoms. The summed E-state index contributed by atoms with van der Waals surface area (Å²) in [5, 5.41) is 20.3. The molecule has 1 saturated heterocycles. The van der Waals surface area contributed by atoms with Crippen LogP contribution in [0.1, 0.15) is 43.0 Å². The molecule has 0 saturated carbocycles. The first-order valence-corrected chi connectivity index (χ1v) is 16.2. The second kappa shape index (κ2) is 13.3. The number of carbonyl (C=O) groups is 2. The summed E-state index contributed by atoms with van der Waals surface area (Å²) in [6.45, 7) is 5.48. The van der Waals surface area contributed by atoms with Gasteiger partial charge in [0.1, 0.15) is 30.5 Å². The Hall–Kier alpha value is -4.42. The van der Waals surface area contributed by atoms with Crippen LogP contribution in [0, 0.1) is 11.7 Å². The summed E-state index contributed by atoms with van der Waals surface area (Å²) in [7, 11) is 0. The van der Waals surface area contributed by atoms with Crippen LogP contribution in [0.5, 0.6) is 17.2 Å². The van der Waals surface area contributed by atoms with Crippen molar-refractivity contribution in [3.05, 3.63) is 94.8 Å². The Balaban J connectivity index is 1.37. The number of benzene rings is 3. The largest absolute Gasteiger partial charge is 0.507 e. The number of hydrogen-bond donors (Lipinski definition) is 1. The SMILES string of the molecule is CC(C)CCOc1cccc(C2C(=C(O)c3ccc4c(c3)OCCO4)C(=O)C(=O)N2c2nnc(SCc3ccc(F)cc3)s2)c1. The Morgan fingerprint density at radius 1 is 1.07 bits per heavy atom. The summed E-state index contributed by atoms with van der Waals surface area (Å²) in [6.07, 6.45) is 0.857. The number of thioether (sulfide) groups is 1. The quantitative estimate of drug-likeness (QED) is 0.0654. The molecule has 0 radical (unpaired) electrons. The first-order valence-electron chi connectivity index (χ1n) is 14.4. The fraction of sp³-hybridized carbons (Fsp3) is 0.273. The van der Waals surface area contributed by atoms with E-state index in [1.165, 1.54) is 28.8 Å². The van der Waals surface area contributed by atoms with Gasteiger partial charge in [0.25, 0.3) is 5.78 Å². The minimum absolute atomic E-state index is 0.0910. The Labute approximate surface area is 267 Å². The van der Waals surface area contributed by atoms with Crippen molar-refractivity contribution in [3.63, 3.8) is 0 Å². The molecule has 2 aliphatic heterocycles. The maximum Gasteiger partial charge on any atom is 0.301 e. The van der Waals surface area contributed by atoms with Gasteiger partial charge in [-0.15, -0.1) is 10.2 Å². The van der Waals surface area contributed by atoms with Crippen LogP contribution in [-0.4, -0.2) is 46.8 Å². The Morgan fingerprint density at radius 2 is 1.84 bits per heavy atom. The molecule has 0 bridgehead atoms. The molecule has 1 amide bonds. The summed E-state index contributed by atoms with van der Waals surface area (Å²) < 4.78 is 31.2. The Bertz CT molecular complexity index is 1760. The highest BCUT2D eigenvalue weighted by atomic mass is 32.2. The molecule has 3 heterocycles. The molecule has 1 atom stereocenters. The van der Waals surface area contributed by atoms with Crippen molar-refractivity contribution < 1.29 is 33.3 Å². The summed E-state index contributed by atoms with van der Waals surface area (Å²) in [5.74, 6) is 0.152. The Kier molecular flexibility index (Phi) is 9.04. The number of amides is 1. The standard InChI is InChI=1S/C33H30FN3O6S2/c1-19(2)12-13-41-24-5-3-4-21(16-24)28-27(29(38)22-8-11-25-26(17-22)43-15-14-42-25)30(39)31(40)37(28)32-35-36-33(45-32)44-18-20-6-9-23(34)10-7-20/h3-11,16-17,19,28,38H,12-15,18H2,1-2H3. The smallest absolute Gasteiger partial charge is 0.301 e. The van der Waals surface area contributed by atoms with Crippen LogP contribution < -0.4 is 19.1 Å². The van der Waals surface area contributed by atoms with Gasteiger partial charge in [-0.2, -0.15) is 0 Å². The molecule has 1 unspecified atom stereocenters. The van der Waals surface area contributed by atoms with E-state index in [9.17, 15) is 19.1 Å². The van der Waals surface area contributed by atoms with Gasteiger partial charge in [-0.05, 0) is 65.9 Å². The first-order chi connectivity index (χ1) is 21.8. The molecule has 1 N–H and O–H groups in total. The number of nitrogens with zero attached hydrogens (tertiary/aromatic N) is 3. The fourth-order valence-electron chi connectivity index (χ4n) is 4.96. The van der Waals surface area contributed by atoms with Gasteiger partial charge in [-0.3, -0.25) is 14.5 Å². The lowest BCUT2D eigenvalue weighted by Gasteiger charge is -2.23. The van der Waals surface area contributed by atoms with Gasteiger partial charge in [0, 0.05) is 11.3 Å². The van der Waals surface area contributed by atoms with Gasteiger partial charge >= 0.3 is 5.91 Å². The molecule has 0 spiro atoms. The Morgan fingerprint density at radius 3 is 2.62 bits per heavy atom. The summed E-state index contributed by atoms with van der Waals surface area (Å²) in [4.78, 5) is 28.6. The molecular weight excluding hydrogens is 618 g/mol. The number of Topliss-reactive ketones (excluding diaryl/α,β-unsaturated/α-hetero) is 1. The van der Waals surface area contributed by atoms with E-state index in [-0.39, 0.29) is 22.3 Å². The van der Waals surface area contributed by atoms with Crippen LogP contribution in [0.4, 0.5) is 9.52 Å². The average molecular weight is 648 g/mol. The van der Waals surface area contributed by atoms with Gasteiger partial charge < -0.3 is 19.3 Å². The zero-order chi connectivity index (χ0) is 31.5. The fourth-order valence-corrected chi connectivity index (χ4v) is 6.79. The zero-order valence-corrected chi connectivity index (χ0v) is 26.2. The lowest BCUT2D eigenvalue weighted by Crippen LogP contribution is -2.29. The van der Waals surface area contributed by atoms with Gasteiger partial charge in [-0.1, -0.05) is 61.2 Å². The van der Waals surface area contributed by atoms with E-state index in [0.717, 1.165) is 23.3 Å². The summed E-state index contributed by atoms with van der Waals surface area (Å²) in [5.41, 5.74) is 1.67. The van der Waals surface area contributed by atoms with E-state index >= 15 is 0 Å². The maximum atomic E-state index is 13.7. The molecule has 9 nitrogen and oxygen atoms in total. The number of anilines is 1. The third-order valence-electron chi connectivity index (χ3n) is 7.28. The van der Waals surface area contributed by atoms with Crippen molar-refractivity contribution in [1.82, 2.24) is 10.2 Å². The summed E-state index contributed by atoms with van der Waals surface area (Å²) >= 11 is 2.54. The van der Waals surface area contributed by atoms with Crippen LogP contribution >= 0.6 is 23.1 Å². The average Bonchev–Trinajstić information content (AvgIpc) is 3.61. The molecule has 12 heteroatoms. The third-order valence-corrected chi connectivity index (χ3v) is 9.40. The lowest BCUT2D eigenvalue weighted by molar-refractivity contribution is -0.132. The molecule has 0 aliphatic carbocycles. The molecule has 3 aromatic carbocycles. The van der Waals surface area contributed by atoms with E-state index in [4.69, 9.17) is 14.2 Å². The van der Waals surface area contributed by atoms with Gasteiger partial charge in [0.05, 0.1) is 18.2 Å². The van der Waals surface area contributed by atoms with Gasteiger partial charge in [-0.25, -0.2) is 4.39 Å². The van der Waals surface area contributed by atoms with Gasteiger partial charge in [0.15, 0.2) is 15.8 Å². The van der Waals surface area contributed by atoms with Crippen molar-refractivity contribution in [1.29, 1.82) is 0 Å². The number of hydrogen-bond acceptors (Lipinski definition) is 10. The summed E-state index contributed by atoms with van der Waals surface area (Å²) in [6, 6.07) is 17.2. The van der Waals surface area contributed by atoms with Crippen molar-refractivity contribution >= 4 is 45.7 Å². The van der Waals surface area contributed by atoms with Crippen LogP contribution in [0.3, 0.4) is 0 Å². The molecule has 1 aromatic heterocycles. The lowest BCUT2D eigenvalue weighted by atomic mass is 9.95. The monoisotopic (exact) mass is 647 g/mol. The molecule has 2 aliphatic rings. The number of ether oxygens (including phenoxy) is 3. The normalized spacial score (nSPS) is 17.2. The van der Waals surface area contributed by atoms with Crippen molar-refractivity contribution in [2.45, 2.75) is 36.4 Å². The number of ketones is 1. The van der Waals surface area contributed by atoms with Gasteiger partial charge in [0.2, 0.25) is 5.13 Å². The van der Waals surface area contributed by atoms with Crippen LogP contribution in [0.25, 0.3) is 5.76 Å². The molecule has 1 fully saturated rings. The number of fused-ring (bicyclic) bond motifs is 1. The van der Waals surface area contributed by atoms with Crippen molar-refractivity contribution in [2.24, 2.45) is 5.92 Å². The van der Waals surface area contributed by atoms with E-state index < -0.39 is 17.7 Å². The van der Waals surface area contributed by atoms with Crippen LogP contribution in [-0.2, 0) is 15.3 Å². The van der Waals surface area contributed by atoms with E-state index in [2.05, 4.69) is 24.0 Å². The zero-order valence-electron chi connectivity index (χ0n) is 24.6. The number of rotatable bonds is 10. The molecule has 4 aromatic rings. The predicted molar refractivity (Wildman–Crippen MR) is 169 cm³/mol. The second-order valence-corrected chi connectivity index (χ2v) is 13.1. The topological polar surface area (TPSA) is 111 Å². The van der Waals surface area contributed by atoms with Crippen molar-refractivity contribution in [2.75, 3.05) is 24.7 Å². The minimum Gasteiger partial charge on any atom is -0.507 e.